The minimum Gasteiger partial charge on any atom is -0.464 e. The molecule has 1 aliphatic heterocycles. The van der Waals surface area contributed by atoms with E-state index < -0.39 is 0 Å². The second-order valence-electron chi connectivity index (χ2n) is 5.32. The zero-order chi connectivity index (χ0) is 12.4. The summed E-state index contributed by atoms with van der Waals surface area (Å²) in [6.45, 7) is 5.97. The predicted molar refractivity (Wildman–Crippen MR) is 67.5 cm³/mol. The highest BCUT2D eigenvalue weighted by molar-refractivity contribution is 5.17. The quantitative estimate of drug-likeness (QED) is 0.868. The molecule has 1 aromatic heterocycles. The Morgan fingerprint density at radius 1 is 1.33 bits per heavy atom. The van der Waals surface area contributed by atoms with Crippen LogP contribution >= 0.6 is 0 Å². The summed E-state index contributed by atoms with van der Waals surface area (Å²) in [5.41, 5.74) is 0. The number of rotatable bonds is 5. The third-order valence-electron chi connectivity index (χ3n) is 3.71. The predicted octanol–water partition coefficient (Wildman–Crippen LogP) is 1.91. The molecule has 4 nitrogen and oxygen atoms in total. The third kappa shape index (κ3) is 2.94. The van der Waals surface area contributed by atoms with Crippen molar-refractivity contribution in [2.75, 3.05) is 26.4 Å². The molecule has 0 radical (unpaired) electrons. The van der Waals surface area contributed by atoms with Crippen LogP contribution in [0.3, 0.4) is 0 Å². The molecule has 1 N–H and O–H groups in total. The van der Waals surface area contributed by atoms with Gasteiger partial charge in [-0.25, -0.2) is 0 Å². The summed E-state index contributed by atoms with van der Waals surface area (Å²) in [6, 6.07) is 4.19. The van der Waals surface area contributed by atoms with Crippen LogP contribution in [0.2, 0.25) is 0 Å². The summed E-state index contributed by atoms with van der Waals surface area (Å²) in [5, 5.41) is 3.36. The Hall–Kier alpha value is -0.840. The first kappa shape index (κ1) is 12.2. The zero-order valence-electron chi connectivity index (χ0n) is 10.9. The molecule has 0 aromatic carbocycles. The number of nitrogens with one attached hydrogen (secondary N) is 1. The Kier molecular flexibility index (Phi) is 3.68. The van der Waals surface area contributed by atoms with Crippen molar-refractivity contribution in [1.82, 2.24) is 5.32 Å². The van der Waals surface area contributed by atoms with Crippen LogP contribution in [0.4, 0.5) is 0 Å². The summed E-state index contributed by atoms with van der Waals surface area (Å²) in [5.74, 6) is 3.62. The molecule has 3 unspecified atom stereocenters. The van der Waals surface area contributed by atoms with E-state index in [0.29, 0.717) is 19.1 Å². The van der Waals surface area contributed by atoms with Crippen molar-refractivity contribution < 1.29 is 13.9 Å². The minimum atomic E-state index is 0.177. The van der Waals surface area contributed by atoms with E-state index >= 15 is 0 Å². The molecule has 2 fully saturated rings. The van der Waals surface area contributed by atoms with Crippen molar-refractivity contribution in [3.8, 4) is 0 Å². The van der Waals surface area contributed by atoms with Gasteiger partial charge in [-0.2, -0.15) is 0 Å². The van der Waals surface area contributed by atoms with Crippen LogP contribution in [0.15, 0.2) is 16.5 Å². The van der Waals surface area contributed by atoms with Crippen LogP contribution in [0.25, 0.3) is 0 Å². The maximum Gasteiger partial charge on any atom is 0.117 e. The van der Waals surface area contributed by atoms with Gasteiger partial charge >= 0.3 is 0 Å². The lowest BCUT2D eigenvalue weighted by atomic mass is 10.3. The van der Waals surface area contributed by atoms with Crippen LogP contribution < -0.4 is 5.32 Å². The first-order valence-electron chi connectivity index (χ1n) is 6.81. The van der Waals surface area contributed by atoms with E-state index in [1.165, 1.54) is 6.42 Å². The summed E-state index contributed by atoms with van der Waals surface area (Å²) < 4.78 is 16.8. The molecule has 1 saturated heterocycles. The highest BCUT2D eigenvalue weighted by Gasteiger charge is 2.36. The lowest BCUT2D eigenvalue weighted by Crippen LogP contribution is -2.37. The van der Waals surface area contributed by atoms with Crippen LogP contribution in [-0.2, 0) is 16.0 Å². The van der Waals surface area contributed by atoms with Crippen LogP contribution in [0.1, 0.15) is 30.8 Å². The number of hydrogen-bond acceptors (Lipinski definition) is 4. The molecule has 1 aromatic rings. The minimum absolute atomic E-state index is 0.177. The van der Waals surface area contributed by atoms with Crippen molar-refractivity contribution in [2.45, 2.75) is 31.9 Å². The molecule has 2 aliphatic rings. The molecular formula is C14H21NO3. The Morgan fingerprint density at radius 3 is 2.94 bits per heavy atom. The Bertz CT molecular complexity index is 384. The summed E-state index contributed by atoms with van der Waals surface area (Å²) >= 11 is 0. The fraction of sp³-hybridized carbons (Fsp3) is 0.714. The molecule has 1 saturated carbocycles. The van der Waals surface area contributed by atoms with Gasteiger partial charge in [0.15, 0.2) is 0 Å². The highest BCUT2D eigenvalue weighted by Crippen LogP contribution is 2.47. The fourth-order valence-corrected chi connectivity index (χ4v) is 2.42. The lowest BCUT2D eigenvalue weighted by molar-refractivity contribution is -0.0865. The van der Waals surface area contributed by atoms with E-state index in [2.05, 4.69) is 24.4 Å². The van der Waals surface area contributed by atoms with E-state index in [1.807, 2.05) is 0 Å². The van der Waals surface area contributed by atoms with Gasteiger partial charge in [-0.15, -0.1) is 0 Å². The van der Waals surface area contributed by atoms with E-state index in [9.17, 15) is 0 Å². The second kappa shape index (κ2) is 5.43. The number of hydrogen-bond donors (Lipinski definition) is 1. The van der Waals surface area contributed by atoms with Gasteiger partial charge in [-0.1, -0.05) is 6.92 Å². The monoisotopic (exact) mass is 251 g/mol. The molecule has 0 bridgehead atoms. The van der Waals surface area contributed by atoms with Gasteiger partial charge in [-0.05, 0) is 24.5 Å². The molecule has 3 atom stereocenters. The molecule has 1 aliphatic carbocycles. The van der Waals surface area contributed by atoms with Gasteiger partial charge in [0.1, 0.15) is 11.5 Å². The summed E-state index contributed by atoms with van der Waals surface area (Å²) in [4.78, 5) is 0. The van der Waals surface area contributed by atoms with Crippen molar-refractivity contribution in [3.63, 3.8) is 0 Å². The lowest BCUT2D eigenvalue weighted by Gasteiger charge is -2.22. The largest absolute Gasteiger partial charge is 0.464 e. The average Bonchev–Trinajstić information content (AvgIpc) is 2.94. The molecule has 2 heterocycles. The molecule has 100 valence electrons. The Morgan fingerprint density at radius 2 is 2.22 bits per heavy atom. The standard InChI is InChI=1S/C14H21NO3/c1-10-6-13(10)14-3-2-11(18-14)7-15-8-12-9-16-4-5-17-12/h2-3,10,12-13,15H,4-9H2,1H3. The third-order valence-corrected chi connectivity index (χ3v) is 3.71. The topological polar surface area (TPSA) is 43.6 Å². The SMILES string of the molecule is CC1CC1c1ccc(CNCC2COCCO2)o1. The highest BCUT2D eigenvalue weighted by atomic mass is 16.6. The van der Waals surface area contributed by atoms with E-state index in [-0.39, 0.29) is 6.10 Å². The van der Waals surface area contributed by atoms with Crippen molar-refractivity contribution in [3.05, 3.63) is 23.7 Å². The van der Waals surface area contributed by atoms with Crippen LogP contribution in [0.5, 0.6) is 0 Å². The van der Waals surface area contributed by atoms with Gasteiger partial charge in [0.25, 0.3) is 0 Å². The fourth-order valence-electron chi connectivity index (χ4n) is 2.42. The summed E-state index contributed by atoms with van der Waals surface area (Å²) in [7, 11) is 0. The Labute approximate surface area is 108 Å². The molecule has 0 spiro atoms. The van der Waals surface area contributed by atoms with Gasteiger partial charge < -0.3 is 19.2 Å². The maximum atomic E-state index is 5.83. The van der Waals surface area contributed by atoms with Crippen molar-refractivity contribution in [2.24, 2.45) is 5.92 Å². The smallest absolute Gasteiger partial charge is 0.117 e. The molecular weight excluding hydrogens is 230 g/mol. The molecule has 3 rings (SSSR count). The van der Waals surface area contributed by atoms with E-state index in [4.69, 9.17) is 13.9 Å². The number of ether oxygens (including phenoxy) is 2. The van der Waals surface area contributed by atoms with Gasteiger partial charge in [0, 0.05) is 12.5 Å². The van der Waals surface area contributed by atoms with Gasteiger partial charge in [-0.3, -0.25) is 0 Å². The molecule has 4 heteroatoms. The van der Waals surface area contributed by atoms with Crippen molar-refractivity contribution in [1.29, 1.82) is 0 Å². The van der Waals surface area contributed by atoms with Crippen LogP contribution in [-0.4, -0.2) is 32.5 Å². The summed E-state index contributed by atoms with van der Waals surface area (Å²) in [6.07, 6.45) is 1.45. The van der Waals surface area contributed by atoms with Crippen LogP contribution in [0, 0.1) is 5.92 Å². The number of furan rings is 1. The van der Waals surface area contributed by atoms with E-state index in [1.54, 1.807) is 0 Å². The molecule has 18 heavy (non-hydrogen) atoms. The first-order chi connectivity index (χ1) is 8.83. The Balaban J connectivity index is 1.41. The second-order valence-corrected chi connectivity index (χ2v) is 5.32. The first-order valence-corrected chi connectivity index (χ1v) is 6.81. The zero-order valence-corrected chi connectivity index (χ0v) is 10.9. The van der Waals surface area contributed by atoms with Crippen molar-refractivity contribution >= 4 is 0 Å². The molecule has 0 amide bonds. The normalized spacial score (nSPS) is 31.5. The average molecular weight is 251 g/mol. The van der Waals surface area contributed by atoms with Gasteiger partial charge in [0.05, 0.1) is 32.5 Å². The maximum absolute atomic E-state index is 5.83. The van der Waals surface area contributed by atoms with Gasteiger partial charge in [0.2, 0.25) is 0 Å². The van der Waals surface area contributed by atoms with E-state index in [0.717, 1.165) is 37.1 Å².